The van der Waals surface area contributed by atoms with Crippen LogP contribution in [0.2, 0.25) is 0 Å². The fourth-order valence-corrected chi connectivity index (χ4v) is 6.15. The number of benzene rings is 2. The van der Waals surface area contributed by atoms with Gasteiger partial charge in [0, 0.05) is 56.5 Å². The molecule has 1 atom stereocenters. The second-order valence-corrected chi connectivity index (χ2v) is 10.1. The summed E-state index contributed by atoms with van der Waals surface area (Å²) in [5.41, 5.74) is 2.18. The van der Waals surface area contributed by atoms with Gasteiger partial charge in [-0.1, -0.05) is 30.3 Å². The van der Waals surface area contributed by atoms with Gasteiger partial charge in [-0.15, -0.1) is 11.3 Å². The first-order valence-corrected chi connectivity index (χ1v) is 13.3. The molecule has 0 N–H and O–H groups in total. The smallest absolute Gasteiger partial charge is 0.185 e. The van der Waals surface area contributed by atoms with Gasteiger partial charge < -0.3 is 19.3 Å². The van der Waals surface area contributed by atoms with E-state index in [1.807, 2.05) is 0 Å². The number of carbonyl (C=O) groups is 1. The molecular weight excluding hydrogens is 460 g/mol. The molecule has 0 spiro atoms. The minimum atomic E-state index is 0.00732. The number of carbonyl (C=O) groups excluding carboxylic acids is 1. The zero-order valence-corrected chi connectivity index (χ0v) is 21.4. The van der Waals surface area contributed by atoms with E-state index < -0.39 is 0 Å². The summed E-state index contributed by atoms with van der Waals surface area (Å²) in [5.74, 6) is 1.11. The highest BCUT2D eigenvalue weighted by atomic mass is 32.1. The van der Waals surface area contributed by atoms with Crippen LogP contribution in [0.5, 0.6) is 5.75 Å². The van der Waals surface area contributed by atoms with Crippen LogP contribution in [0.4, 0.5) is 10.8 Å². The summed E-state index contributed by atoms with van der Waals surface area (Å²) in [7, 11) is 1.74. The molecular formula is C27H34N4O3S. The monoisotopic (exact) mass is 494 g/mol. The van der Waals surface area contributed by atoms with Crippen LogP contribution in [0.1, 0.15) is 31.5 Å². The van der Waals surface area contributed by atoms with E-state index in [2.05, 4.69) is 56.5 Å². The van der Waals surface area contributed by atoms with E-state index in [0.717, 1.165) is 75.5 Å². The third kappa shape index (κ3) is 5.29. The number of hydrogen-bond acceptors (Lipinski definition) is 8. The number of fused-ring (bicyclic) bond motifs is 1. The number of hydrogen-bond donors (Lipinski definition) is 0. The second kappa shape index (κ2) is 10.9. The molecule has 2 fully saturated rings. The van der Waals surface area contributed by atoms with Crippen LogP contribution < -0.4 is 14.5 Å². The van der Waals surface area contributed by atoms with E-state index in [-0.39, 0.29) is 11.8 Å². The Morgan fingerprint density at radius 1 is 1.06 bits per heavy atom. The number of anilines is 2. The van der Waals surface area contributed by atoms with Crippen molar-refractivity contribution in [1.82, 2.24) is 9.88 Å². The predicted octanol–water partition coefficient (Wildman–Crippen LogP) is 4.37. The number of ketones is 1. The van der Waals surface area contributed by atoms with Gasteiger partial charge in [0.2, 0.25) is 0 Å². The highest BCUT2D eigenvalue weighted by Crippen LogP contribution is 2.38. The number of thiazole rings is 1. The van der Waals surface area contributed by atoms with Gasteiger partial charge in [-0.3, -0.25) is 9.69 Å². The molecule has 1 unspecified atom stereocenters. The number of Topliss-reactive ketones (excluding diaryl/α,β-unsaturated/α-hetero) is 1. The van der Waals surface area contributed by atoms with Crippen LogP contribution in [-0.4, -0.2) is 75.3 Å². The molecule has 2 aliphatic heterocycles. The van der Waals surface area contributed by atoms with Gasteiger partial charge in [0.05, 0.1) is 37.7 Å². The van der Waals surface area contributed by atoms with Crippen molar-refractivity contribution >= 4 is 38.7 Å². The second-order valence-electron chi connectivity index (χ2n) is 9.29. The van der Waals surface area contributed by atoms with E-state index >= 15 is 0 Å². The number of aromatic nitrogens is 1. The standard InChI is InChI=1S/C27H34N4O3S/c1-20(32)18-24(23-19-35-27(28-23)31-14-16-34-17-15-31)29-10-5-11-30(13-12-29)26-22-7-4-3-6-21(22)8-9-25(26)33-2/h3-4,6-9,19,24H,5,10-18H2,1-2H3. The maximum absolute atomic E-state index is 12.3. The Balaban J connectivity index is 1.38. The third-order valence-corrected chi connectivity index (χ3v) is 7.90. The molecule has 2 aliphatic rings. The van der Waals surface area contributed by atoms with Crippen LogP contribution in [0.3, 0.4) is 0 Å². The molecule has 0 aliphatic carbocycles. The molecule has 8 heteroatoms. The van der Waals surface area contributed by atoms with Gasteiger partial charge in [0.25, 0.3) is 0 Å². The maximum Gasteiger partial charge on any atom is 0.185 e. The lowest BCUT2D eigenvalue weighted by Crippen LogP contribution is -2.36. The van der Waals surface area contributed by atoms with Crippen LogP contribution in [0.15, 0.2) is 41.8 Å². The van der Waals surface area contributed by atoms with Gasteiger partial charge >= 0.3 is 0 Å². The Morgan fingerprint density at radius 2 is 1.89 bits per heavy atom. The summed E-state index contributed by atoms with van der Waals surface area (Å²) in [6.45, 7) is 8.54. The van der Waals surface area contributed by atoms with E-state index in [1.165, 1.54) is 16.5 Å². The van der Waals surface area contributed by atoms with E-state index in [9.17, 15) is 4.79 Å². The third-order valence-electron chi connectivity index (χ3n) is 6.98. The molecule has 3 aromatic rings. The highest BCUT2D eigenvalue weighted by molar-refractivity contribution is 7.13. The summed E-state index contributed by atoms with van der Waals surface area (Å²) >= 11 is 1.68. The molecule has 2 saturated heterocycles. The van der Waals surface area contributed by atoms with Crippen molar-refractivity contribution in [2.24, 2.45) is 0 Å². The van der Waals surface area contributed by atoms with Crippen molar-refractivity contribution in [2.75, 3.05) is 69.4 Å². The number of morpholine rings is 1. The summed E-state index contributed by atoms with van der Waals surface area (Å²) in [5, 5.41) is 5.62. The first-order chi connectivity index (χ1) is 17.1. The quantitative estimate of drug-likeness (QED) is 0.483. The van der Waals surface area contributed by atoms with Gasteiger partial charge in [-0.05, 0) is 24.8 Å². The summed E-state index contributed by atoms with van der Waals surface area (Å²) < 4.78 is 11.3. The first-order valence-electron chi connectivity index (χ1n) is 12.5. The molecule has 0 amide bonds. The fraction of sp³-hybridized carbons (Fsp3) is 0.481. The molecule has 2 aromatic carbocycles. The lowest BCUT2D eigenvalue weighted by atomic mass is 10.1. The van der Waals surface area contributed by atoms with Crippen molar-refractivity contribution < 1.29 is 14.3 Å². The van der Waals surface area contributed by atoms with Crippen LogP contribution in [0.25, 0.3) is 10.8 Å². The minimum absolute atomic E-state index is 0.00732. The topological polar surface area (TPSA) is 58.1 Å². The van der Waals surface area contributed by atoms with Gasteiger partial charge in [0.15, 0.2) is 5.13 Å². The average molecular weight is 495 g/mol. The van der Waals surface area contributed by atoms with Crippen molar-refractivity contribution in [2.45, 2.75) is 25.8 Å². The van der Waals surface area contributed by atoms with Crippen LogP contribution in [0, 0.1) is 0 Å². The highest BCUT2D eigenvalue weighted by Gasteiger charge is 2.28. The molecule has 35 heavy (non-hydrogen) atoms. The van der Waals surface area contributed by atoms with Crippen LogP contribution >= 0.6 is 11.3 Å². The number of methoxy groups -OCH3 is 1. The number of rotatable bonds is 7. The van der Waals surface area contributed by atoms with Crippen molar-refractivity contribution in [1.29, 1.82) is 0 Å². The van der Waals surface area contributed by atoms with Crippen molar-refractivity contribution in [3.05, 3.63) is 47.5 Å². The van der Waals surface area contributed by atoms with Crippen molar-refractivity contribution in [3.8, 4) is 5.75 Å². The van der Waals surface area contributed by atoms with E-state index in [0.29, 0.717) is 6.42 Å². The SMILES string of the molecule is COc1ccc2ccccc2c1N1CCCN(C(CC(C)=O)c2csc(N3CCOCC3)n2)CC1. The van der Waals surface area contributed by atoms with Gasteiger partial charge in [0.1, 0.15) is 11.5 Å². The molecule has 0 radical (unpaired) electrons. The Hall–Kier alpha value is -2.68. The molecule has 0 saturated carbocycles. The number of ether oxygens (including phenoxy) is 2. The summed E-state index contributed by atoms with van der Waals surface area (Å²) in [6, 6.07) is 12.7. The van der Waals surface area contributed by atoms with Gasteiger partial charge in [-0.25, -0.2) is 4.98 Å². The molecule has 0 bridgehead atoms. The molecule has 7 nitrogen and oxygen atoms in total. The maximum atomic E-state index is 12.3. The molecule has 1 aromatic heterocycles. The van der Waals surface area contributed by atoms with E-state index in [4.69, 9.17) is 14.5 Å². The van der Waals surface area contributed by atoms with Crippen LogP contribution in [-0.2, 0) is 9.53 Å². The zero-order valence-electron chi connectivity index (χ0n) is 20.6. The summed E-state index contributed by atoms with van der Waals surface area (Å²) in [6.07, 6.45) is 1.51. The van der Waals surface area contributed by atoms with Gasteiger partial charge in [-0.2, -0.15) is 0 Å². The Bertz CT molecular complexity index is 1160. The zero-order chi connectivity index (χ0) is 24.2. The predicted molar refractivity (Wildman–Crippen MR) is 142 cm³/mol. The summed E-state index contributed by atoms with van der Waals surface area (Å²) in [4.78, 5) is 24.5. The lowest BCUT2D eigenvalue weighted by molar-refractivity contribution is -0.118. The largest absolute Gasteiger partial charge is 0.495 e. The minimum Gasteiger partial charge on any atom is -0.495 e. The average Bonchev–Trinajstić information content (AvgIpc) is 3.26. The molecule has 186 valence electrons. The fourth-order valence-electron chi connectivity index (χ4n) is 5.22. The Kier molecular flexibility index (Phi) is 7.51. The van der Waals surface area contributed by atoms with Crippen molar-refractivity contribution in [3.63, 3.8) is 0 Å². The lowest BCUT2D eigenvalue weighted by Gasteiger charge is -2.30. The molecule has 5 rings (SSSR count). The Labute approximate surface area is 211 Å². The van der Waals surface area contributed by atoms with E-state index in [1.54, 1.807) is 25.4 Å². The number of nitrogens with zero attached hydrogens (tertiary/aromatic N) is 4. The first kappa shape index (κ1) is 24.0. The normalized spacial score (nSPS) is 18.5. The Morgan fingerprint density at radius 3 is 2.69 bits per heavy atom. The molecule has 3 heterocycles.